The standard InChI is InChI=1S/C14H30N2O/c1-9(2)11(8-14(5,6)7)16-13(17)12(15)10(3)4/h9-12H,8,15H2,1-7H3,(H,16,17). The van der Waals surface area contributed by atoms with E-state index < -0.39 is 6.04 Å². The highest BCUT2D eigenvalue weighted by molar-refractivity contribution is 5.82. The fourth-order valence-electron chi connectivity index (χ4n) is 1.69. The van der Waals surface area contributed by atoms with E-state index in [1.165, 1.54) is 0 Å². The van der Waals surface area contributed by atoms with E-state index in [0.717, 1.165) is 6.42 Å². The van der Waals surface area contributed by atoms with E-state index in [4.69, 9.17) is 5.73 Å². The van der Waals surface area contributed by atoms with Gasteiger partial charge in [-0.3, -0.25) is 4.79 Å². The molecule has 3 heteroatoms. The van der Waals surface area contributed by atoms with Gasteiger partial charge in [0.1, 0.15) is 0 Å². The van der Waals surface area contributed by atoms with Crippen LogP contribution in [0.1, 0.15) is 54.9 Å². The quantitative estimate of drug-likeness (QED) is 0.778. The number of amides is 1. The molecule has 3 N–H and O–H groups in total. The van der Waals surface area contributed by atoms with Crippen LogP contribution in [0.5, 0.6) is 0 Å². The average molecular weight is 242 g/mol. The minimum absolute atomic E-state index is 0.0250. The molecule has 3 nitrogen and oxygen atoms in total. The van der Waals surface area contributed by atoms with Crippen molar-refractivity contribution in [2.24, 2.45) is 23.0 Å². The third-order valence-corrected chi connectivity index (χ3v) is 2.99. The molecule has 0 rings (SSSR count). The zero-order valence-corrected chi connectivity index (χ0v) is 12.5. The molecule has 0 saturated heterocycles. The average Bonchev–Trinajstić information content (AvgIpc) is 2.12. The van der Waals surface area contributed by atoms with Crippen molar-refractivity contribution in [1.82, 2.24) is 5.32 Å². The molecule has 0 radical (unpaired) electrons. The van der Waals surface area contributed by atoms with Gasteiger partial charge in [-0.05, 0) is 23.7 Å². The Balaban J connectivity index is 4.51. The summed E-state index contributed by atoms with van der Waals surface area (Å²) in [7, 11) is 0. The molecule has 2 atom stereocenters. The summed E-state index contributed by atoms with van der Waals surface area (Å²) in [4.78, 5) is 11.9. The predicted octanol–water partition coefficient (Wildman–Crippen LogP) is 2.55. The molecule has 0 spiro atoms. The molecular weight excluding hydrogens is 212 g/mol. The Bertz CT molecular complexity index is 241. The summed E-state index contributed by atoms with van der Waals surface area (Å²) in [5.41, 5.74) is 6.07. The smallest absolute Gasteiger partial charge is 0.237 e. The molecule has 0 aromatic heterocycles. The summed E-state index contributed by atoms with van der Waals surface area (Å²) in [5, 5.41) is 3.09. The topological polar surface area (TPSA) is 55.1 Å². The second-order valence-electron chi connectivity index (χ2n) is 6.89. The number of hydrogen-bond donors (Lipinski definition) is 2. The molecule has 0 aliphatic heterocycles. The maximum Gasteiger partial charge on any atom is 0.237 e. The summed E-state index contributed by atoms with van der Waals surface area (Å²) >= 11 is 0. The van der Waals surface area contributed by atoms with E-state index >= 15 is 0 Å². The van der Waals surface area contributed by atoms with Crippen LogP contribution in [0.4, 0.5) is 0 Å². The molecule has 0 heterocycles. The minimum atomic E-state index is -0.406. The van der Waals surface area contributed by atoms with Gasteiger partial charge >= 0.3 is 0 Å². The second kappa shape index (κ2) is 6.39. The summed E-state index contributed by atoms with van der Waals surface area (Å²) in [6, 6.07) is -0.205. The van der Waals surface area contributed by atoms with Gasteiger partial charge in [0, 0.05) is 6.04 Å². The van der Waals surface area contributed by atoms with Gasteiger partial charge in [-0.15, -0.1) is 0 Å². The molecule has 0 aliphatic rings. The SMILES string of the molecule is CC(C)C(CC(C)(C)C)NC(=O)C(N)C(C)C. The van der Waals surface area contributed by atoms with Gasteiger partial charge in [-0.2, -0.15) is 0 Å². The largest absolute Gasteiger partial charge is 0.352 e. The monoisotopic (exact) mass is 242 g/mol. The predicted molar refractivity (Wildman–Crippen MR) is 73.7 cm³/mol. The van der Waals surface area contributed by atoms with Crippen molar-refractivity contribution in [3.05, 3.63) is 0 Å². The molecule has 0 fully saturated rings. The van der Waals surface area contributed by atoms with E-state index in [-0.39, 0.29) is 23.3 Å². The number of carbonyl (C=O) groups is 1. The molecule has 102 valence electrons. The Labute approximate surface area is 107 Å². The highest BCUT2D eigenvalue weighted by atomic mass is 16.2. The molecule has 1 amide bonds. The first-order valence-electron chi connectivity index (χ1n) is 6.60. The van der Waals surface area contributed by atoms with Crippen molar-refractivity contribution in [3.63, 3.8) is 0 Å². The van der Waals surface area contributed by atoms with Crippen molar-refractivity contribution in [3.8, 4) is 0 Å². The zero-order chi connectivity index (χ0) is 13.8. The molecule has 0 saturated carbocycles. The van der Waals surface area contributed by atoms with Gasteiger partial charge in [0.25, 0.3) is 0 Å². The summed E-state index contributed by atoms with van der Waals surface area (Å²) < 4.78 is 0. The van der Waals surface area contributed by atoms with Gasteiger partial charge in [0.2, 0.25) is 5.91 Å². The van der Waals surface area contributed by atoms with Crippen LogP contribution in [0.3, 0.4) is 0 Å². The Morgan fingerprint density at radius 3 is 1.88 bits per heavy atom. The molecule has 17 heavy (non-hydrogen) atoms. The van der Waals surface area contributed by atoms with Crippen molar-refractivity contribution in [2.45, 2.75) is 67.0 Å². The summed E-state index contributed by atoms with van der Waals surface area (Å²) in [6.45, 7) is 14.8. The third kappa shape index (κ3) is 6.67. The highest BCUT2D eigenvalue weighted by Crippen LogP contribution is 2.24. The van der Waals surface area contributed by atoms with Crippen LogP contribution >= 0.6 is 0 Å². The number of rotatable bonds is 5. The maximum absolute atomic E-state index is 11.9. The molecule has 2 unspecified atom stereocenters. The Morgan fingerprint density at radius 2 is 1.59 bits per heavy atom. The lowest BCUT2D eigenvalue weighted by molar-refractivity contribution is -0.124. The van der Waals surface area contributed by atoms with E-state index in [0.29, 0.717) is 5.92 Å². The van der Waals surface area contributed by atoms with Crippen LogP contribution < -0.4 is 11.1 Å². The molecule has 0 aromatic rings. The lowest BCUT2D eigenvalue weighted by atomic mass is 9.84. The van der Waals surface area contributed by atoms with Gasteiger partial charge in [0.15, 0.2) is 0 Å². The summed E-state index contributed by atoms with van der Waals surface area (Å²) in [5.74, 6) is 0.581. The fraction of sp³-hybridized carbons (Fsp3) is 0.929. The van der Waals surface area contributed by atoms with Gasteiger partial charge in [0.05, 0.1) is 6.04 Å². The van der Waals surface area contributed by atoms with Crippen LogP contribution in [-0.2, 0) is 4.79 Å². The molecular formula is C14H30N2O. The Hall–Kier alpha value is -0.570. The van der Waals surface area contributed by atoms with E-state index in [1.54, 1.807) is 0 Å². The second-order valence-corrected chi connectivity index (χ2v) is 6.89. The van der Waals surface area contributed by atoms with Crippen LogP contribution in [0.2, 0.25) is 0 Å². The van der Waals surface area contributed by atoms with Crippen LogP contribution in [-0.4, -0.2) is 18.0 Å². The van der Waals surface area contributed by atoms with E-state index in [9.17, 15) is 4.79 Å². The number of carbonyl (C=O) groups excluding carboxylic acids is 1. The molecule has 0 aliphatic carbocycles. The normalized spacial score (nSPS) is 16.1. The Kier molecular flexibility index (Phi) is 6.17. The van der Waals surface area contributed by atoms with Crippen LogP contribution in [0, 0.1) is 17.3 Å². The number of nitrogens with two attached hydrogens (primary N) is 1. The van der Waals surface area contributed by atoms with E-state index in [2.05, 4.69) is 39.9 Å². The zero-order valence-electron chi connectivity index (χ0n) is 12.5. The first kappa shape index (κ1) is 16.4. The number of hydrogen-bond acceptors (Lipinski definition) is 2. The van der Waals surface area contributed by atoms with E-state index in [1.807, 2.05) is 13.8 Å². The molecule has 0 aromatic carbocycles. The Morgan fingerprint density at radius 1 is 1.12 bits per heavy atom. The lowest BCUT2D eigenvalue weighted by Gasteiger charge is -2.31. The third-order valence-electron chi connectivity index (χ3n) is 2.99. The first-order chi connectivity index (χ1) is 7.54. The number of nitrogens with one attached hydrogen (secondary N) is 1. The lowest BCUT2D eigenvalue weighted by Crippen LogP contribution is -2.50. The molecule has 0 bridgehead atoms. The fourth-order valence-corrected chi connectivity index (χ4v) is 1.69. The van der Waals surface area contributed by atoms with Gasteiger partial charge in [-0.1, -0.05) is 48.5 Å². The van der Waals surface area contributed by atoms with Gasteiger partial charge in [-0.25, -0.2) is 0 Å². The minimum Gasteiger partial charge on any atom is -0.352 e. The van der Waals surface area contributed by atoms with Crippen molar-refractivity contribution in [1.29, 1.82) is 0 Å². The van der Waals surface area contributed by atoms with Crippen molar-refractivity contribution >= 4 is 5.91 Å². The van der Waals surface area contributed by atoms with Crippen molar-refractivity contribution < 1.29 is 4.79 Å². The van der Waals surface area contributed by atoms with Gasteiger partial charge < -0.3 is 11.1 Å². The first-order valence-corrected chi connectivity index (χ1v) is 6.60. The van der Waals surface area contributed by atoms with Crippen molar-refractivity contribution in [2.75, 3.05) is 0 Å². The summed E-state index contributed by atoms with van der Waals surface area (Å²) in [6.07, 6.45) is 0.973. The maximum atomic E-state index is 11.9. The highest BCUT2D eigenvalue weighted by Gasteiger charge is 2.25. The van der Waals surface area contributed by atoms with Crippen LogP contribution in [0.15, 0.2) is 0 Å². The van der Waals surface area contributed by atoms with Crippen LogP contribution in [0.25, 0.3) is 0 Å².